The Morgan fingerprint density at radius 2 is 2.08 bits per heavy atom. The maximum Gasteiger partial charge on any atom is 0.303 e. The molecule has 0 fully saturated rings. The molecule has 3 rings (SSSR count). The molecule has 0 spiro atoms. The Morgan fingerprint density at radius 3 is 2.77 bits per heavy atom. The summed E-state index contributed by atoms with van der Waals surface area (Å²) in [6, 6.07) is 10.7. The predicted octanol–water partition coefficient (Wildman–Crippen LogP) is 3.22. The molecule has 136 valence electrons. The number of aliphatic carboxylic acids is 1. The first-order valence-corrected chi connectivity index (χ1v) is 8.38. The first-order chi connectivity index (χ1) is 12.6. The lowest BCUT2D eigenvalue weighted by Crippen LogP contribution is -2.26. The van der Waals surface area contributed by atoms with Gasteiger partial charge in [0, 0.05) is 24.8 Å². The highest BCUT2D eigenvalue weighted by molar-refractivity contribution is 6.05. The Kier molecular flexibility index (Phi) is 5.36. The average molecular weight is 356 g/mol. The van der Waals surface area contributed by atoms with Gasteiger partial charge in [0.2, 0.25) is 5.91 Å². The Hall–Kier alpha value is -3.09. The van der Waals surface area contributed by atoms with Crippen LogP contribution in [0.3, 0.4) is 0 Å². The second-order valence-electron chi connectivity index (χ2n) is 5.97. The van der Waals surface area contributed by atoms with Crippen molar-refractivity contribution in [2.24, 2.45) is 5.10 Å². The van der Waals surface area contributed by atoms with E-state index in [1.165, 1.54) is 5.01 Å². The molecule has 2 aromatic rings. The first-order valence-electron chi connectivity index (χ1n) is 8.38. The van der Waals surface area contributed by atoms with Crippen LogP contribution < -0.4 is 4.74 Å². The van der Waals surface area contributed by atoms with Crippen LogP contribution in [-0.2, 0) is 9.59 Å². The molecule has 0 saturated carbocycles. The molecule has 1 aliphatic rings. The number of carbonyl (C=O) groups excluding carboxylic acids is 1. The molecular formula is C19H20N2O5. The van der Waals surface area contributed by atoms with Crippen LogP contribution in [0, 0.1) is 0 Å². The Bertz CT molecular complexity index is 813. The van der Waals surface area contributed by atoms with Gasteiger partial charge in [-0.15, -0.1) is 0 Å². The van der Waals surface area contributed by atoms with Crippen molar-refractivity contribution in [3.8, 4) is 5.75 Å². The van der Waals surface area contributed by atoms with Gasteiger partial charge in [0.1, 0.15) is 17.6 Å². The maximum atomic E-state index is 12.6. The third-order valence-electron chi connectivity index (χ3n) is 4.24. The SMILES string of the molecule is COc1ccccc1C1=NN(C(=O)CCCC(=O)O)[C@H](c2ccco2)C1. The lowest BCUT2D eigenvalue weighted by molar-refractivity contribution is -0.137. The normalized spacial score (nSPS) is 16.4. The van der Waals surface area contributed by atoms with Crippen LogP contribution in [0.25, 0.3) is 0 Å². The first kappa shape index (κ1) is 17.7. The fourth-order valence-electron chi connectivity index (χ4n) is 2.99. The zero-order valence-electron chi connectivity index (χ0n) is 14.4. The van der Waals surface area contributed by atoms with Crippen LogP contribution >= 0.6 is 0 Å². The second-order valence-corrected chi connectivity index (χ2v) is 5.97. The number of amides is 1. The molecule has 0 aliphatic carbocycles. The van der Waals surface area contributed by atoms with E-state index >= 15 is 0 Å². The van der Waals surface area contributed by atoms with Crippen LogP contribution in [0.15, 0.2) is 52.2 Å². The summed E-state index contributed by atoms with van der Waals surface area (Å²) in [7, 11) is 1.59. The maximum absolute atomic E-state index is 12.6. The van der Waals surface area contributed by atoms with Crippen LogP contribution in [0.2, 0.25) is 0 Å². The molecule has 7 heteroatoms. The number of rotatable bonds is 7. The van der Waals surface area contributed by atoms with E-state index in [0.29, 0.717) is 17.9 Å². The average Bonchev–Trinajstić information content (AvgIpc) is 3.30. The molecule has 0 unspecified atom stereocenters. The summed E-state index contributed by atoms with van der Waals surface area (Å²) >= 11 is 0. The van der Waals surface area contributed by atoms with E-state index in [4.69, 9.17) is 14.3 Å². The zero-order valence-corrected chi connectivity index (χ0v) is 14.4. The highest BCUT2D eigenvalue weighted by Crippen LogP contribution is 2.35. The number of carboxylic acids is 1. The summed E-state index contributed by atoms with van der Waals surface area (Å²) in [5, 5.41) is 14.7. The van der Waals surface area contributed by atoms with Crippen LogP contribution in [-0.4, -0.2) is 34.8 Å². The smallest absolute Gasteiger partial charge is 0.303 e. The highest BCUT2D eigenvalue weighted by Gasteiger charge is 2.35. The van der Waals surface area contributed by atoms with Crippen LogP contribution in [0.4, 0.5) is 0 Å². The topological polar surface area (TPSA) is 92.3 Å². The largest absolute Gasteiger partial charge is 0.496 e. The van der Waals surface area contributed by atoms with E-state index in [1.54, 1.807) is 19.4 Å². The summed E-state index contributed by atoms with van der Waals surface area (Å²) in [5.74, 6) is 0.187. The number of hydrogen-bond acceptors (Lipinski definition) is 5. The fraction of sp³-hybridized carbons (Fsp3) is 0.316. The Morgan fingerprint density at radius 1 is 1.27 bits per heavy atom. The van der Waals surface area contributed by atoms with Crippen molar-refractivity contribution in [3.63, 3.8) is 0 Å². The van der Waals surface area contributed by atoms with Gasteiger partial charge in [0.15, 0.2) is 0 Å². The molecule has 0 radical (unpaired) electrons. The minimum Gasteiger partial charge on any atom is -0.496 e. The number of ether oxygens (including phenoxy) is 1. The van der Waals surface area contributed by atoms with Gasteiger partial charge in [0.25, 0.3) is 0 Å². The minimum atomic E-state index is -0.917. The summed E-state index contributed by atoms with van der Waals surface area (Å²) in [6.07, 6.45) is 2.40. The lowest BCUT2D eigenvalue weighted by Gasteiger charge is -2.19. The van der Waals surface area contributed by atoms with E-state index < -0.39 is 5.97 Å². The molecule has 0 saturated heterocycles. The van der Waals surface area contributed by atoms with Gasteiger partial charge in [-0.25, -0.2) is 5.01 Å². The molecular weight excluding hydrogens is 336 g/mol. The van der Waals surface area contributed by atoms with Crippen LogP contribution in [0.1, 0.15) is 43.0 Å². The van der Waals surface area contributed by atoms with Gasteiger partial charge < -0.3 is 14.3 Å². The number of nitrogens with zero attached hydrogens (tertiary/aromatic N) is 2. The fourth-order valence-corrected chi connectivity index (χ4v) is 2.99. The molecule has 26 heavy (non-hydrogen) atoms. The van der Waals surface area contributed by atoms with Crippen molar-refractivity contribution >= 4 is 17.6 Å². The van der Waals surface area contributed by atoms with Crippen molar-refractivity contribution in [1.29, 1.82) is 0 Å². The van der Waals surface area contributed by atoms with Gasteiger partial charge in [-0.2, -0.15) is 5.10 Å². The Labute approximate surface area is 150 Å². The van der Waals surface area contributed by atoms with Crippen molar-refractivity contribution in [3.05, 3.63) is 54.0 Å². The number of para-hydroxylation sites is 1. The number of carbonyl (C=O) groups is 2. The standard InChI is InChI=1S/C19H20N2O5/c1-25-16-7-3-2-6-13(16)14-12-15(17-8-5-11-26-17)21(20-14)18(22)9-4-10-19(23)24/h2-3,5-8,11,15H,4,9-10,12H2,1H3,(H,23,24)/t15-/m0/s1. The van der Waals surface area contributed by atoms with Gasteiger partial charge in [-0.3, -0.25) is 9.59 Å². The summed E-state index contributed by atoms with van der Waals surface area (Å²) < 4.78 is 10.9. The van der Waals surface area contributed by atoms with Crippen molar-refractivity contribution in [2.75, 3.05) is 7.11 Å². The van der Waals surface area contributed by atoms with E-state index in [2.05, 4.69) is 5.10 Å². The zero-order chi connectivity index (χ0) is 18.5. The lowest BCUT2D eigenvalue weighted by atomic mass is 10.0. The third-order valence-corrected chi connectivity index (χ3v) is 4.24. The minimum absolute atomic E-state index is 0.0475. The van der Waals surface area contributed by atoms with E-state index in [0.717, 1.165) is 11.3 Å². The van der Waals surface area contributed by atoms with Crippen molar-refractivity contribution < 1.29 is 23.8 Å². The van der Waals surface area contributed by atoms with Gasteiger partial charge >= 0.3 is 5.97 Å². The number of hydrogen-bond donors (Lipinski definition) is 1. The number of benzene rings is 1. The number of carboxylic acid groups (broad SMARTS) is 1. The molecule has 7 nitrogen and oxygen atoms in total. The number of methoxy groups -OCH3 is 1. The molecule has 1 aromatic heterocycles. The monoisotopic (exact) mass is 356 g/mol. The highest BCUT2D eigenvalue weighted by atomic mass is 16.5. The molecule has 1 aromatic carbocycles. The van der Waals surface area contributed by atoms with E-state index in [1.807, 2.05) is 30.3 Å². The Balaban J connectivity index is 1.85. The van der Waals surface area contributed by atoms with Gasteiger partial charge in [-0.05, 0) is 30.7 Å². The molecule has 1 N–H and O–H groups in total. The van der Waals surface area contributed by atoms with Crippen molar-refractivity contribution in [1.82, 2.24) is 5.01 Å². The quantitative estimate of drug-likeness (QED) is 0.822. The predicted molar refractivity (Wildman–Crippen MR) is 93.9 cm³/mol. The summed E-state index contributed by atoms with van der Waals surface area (Å²) in [6.45, 7) is 0. The molecule has 0 bridgehead atoms. The van der Waals surface area contributed by atoms with E-state index in [9.17, 15) is 9.59 Å². The molecule has 1 amide bonds. The third kappa shape index (κ3) is 3.77. The van der Waals surface area contributed by atoms with Gasteiger partial charge in [-0.1, -0.05) is 12.1 Å². The van der Waals surface area contributed by atoms with Crippen molar-refractivity contribution in [2.45, 2.75) is 31.7 Å². The molecule has 1 atom stereocenters. The summed E-state index contributed by atoms with van der Waals surface area (Å²) in [5.41, 5.74) is 1.56. The van der Waals surface area contributed by atoms with E-state index in [-0.39, 0.29) is 31.2 Å². The van der Waals surface area contributed by atoms with Crippen LogP contribution in [0.5, 0.6) is 5.75 Å². The van der Waals surface area contributed by atoms with Gasteiger partial charge in [0.05, 0.1) is 19.1 Å². The molecule has 2 heterocycles. The second kappa shape index (κ2) is 7.86. The number of hydrazone groups is 1. The molecule has 1 aliphatic heterocycles. The summed E-state index contributed by atoms with van der Waals surface area (Å²) in [4.78, 5) is 23.3. The number of furan rings is 1.